The van der Waals surface area contributed by atoms with E-state index in [-0.39, 0.29) is 10.6 Å². The van der Waals surface area contributed by atoms with Crippen molar-refractivity contribution in [3.05, 3.63) is 48.0 Å². The van der Waals surface area contributed by atoms with Gasteiger partial charge < -0.3 is 0 Å². The maximum atomic E-state index is 12.1. The fourth-order valence-electron chi connectivity index (χ4n) is 1.91. The molecule has 0 aliphatic rings. The van der Waals surface area contributed by atoms with Gasteiger partial charge in [0, 0.05) is 5.56 Å². The van der Waals surface area contributed by atoms with Crippen LogP contribution in [0.5, 0.6) is 0 Å². The van der Waals surface area contributed by atoms with Gasteiger partial charge in [0.15, 0.2) is 5.78 Å². The summed E-state index contributed by atoms with van der Waals surface area (Å²) in [5.41, 5.74) is 0.791. The van der Waals surface area contributed by atoms with Gasteiger partial charge in [-0.3, -0.25) is 4.79 Å². The first kappa shape index (κ1) is 12.3. The van der Waals surface area contributed by atoms with Crippen LogP contribution in [0, 0.1) is 0 Å². The molecule has 0 aliphatic heterocycles. The maximum Gasteiger partial charge on any atom is 0.176 e. The molecule has 0 saturated carbocycles. The SMILES string of the molecule is CCCC(Br)C(=O)c1ccc2ccccc2c1. The molecule has 0 aliphatic carbocycles. The second-order valence-corrected chi connectivity index (χ2v) is 5.29. The van der Waals surface area contributed by atoms with Crippen molar-refractivity contribution in [2.24, 2.45) is 0 Å². The van der Waals surface area contributed by atoms with Crippen molar-refractivity contribution in [1.82, 2.24) is 0 Å². The Morgan fingerprint density at radius 1 is 1.18 bits per heavy atom. The third-order valence-electron chi connectivity index (χ3n) is 2.86. The Kier molecular flexibility index (Phi) is 3.95. The van der Waals surface area contributed by atoms with E-state index in [4.69, 9.17) is 0 Å². The number of carbonyl (C=O) groups is 1. The van der Waals surface area contributed by atoms with Gasteiger partial charge in [0.25, 0.3) is 0 Å². The van der Waals surface area contributed by atoms with Gasteiger partial charge in [0.1, 0.15) is 0 Å². The Hall–Kier alpha value is -1.15. The van der Waals surface area contributed by atoms with Gasteiger partial charge >= 0.3 is 0 Å². The minimum absolute atomic E-state index is 0.0614. The summed E-state index contributed by atoms with van der Waals surface area (Å²) in [7, 11) is 0. The van der Waals surface area contributed by atoms with Crippen LogP contribution in [0.25, 0.3) is 10.8 Å². The summed E-state index contributed by atoms with van der Waals surface area (Å²) in [4.78, 5) is 12.1. The number of hydrogen-bond acceptors (Lipinski definition) is 1. The molecule has 2 aromatic rings. The third kappa shape index (κ3) is 2.75. The number of fused-ring (bicyclic) bond motifs is 1. The molecule has 0 saturated heterocycles. The highest BCUT2D eigenvalue weighted by atomic mass is 79.9. The molecule has 0 fully saturated rings. The fourth-order valence-corrected chi connectivity index (χ4v) is 2.63. The van der Waals surface area contributed by atoms with Gasteiger partial charge in [-0.05, 0) is 23.3 Å². The first-order valence-electron chi connectivity index (χ1n) is 5.89. The van der Waals surface area contributed by atoms with E-state index in [0.717, 1.165) is 23.8 Å². The fraction of sp³-hybridized carbons (Fsp3) is 0.267. The summed E-state index contributed by atoms with van der Waals surface area (Å²) in [6.07, 6.45) is 1.89. The van der Waals surface area contributed by atoms with E-state index < -0.39 is 0 Å². The van der Waals surface area contributed by atoms with Gasteiger partial charge in [0.2, 0.25) is 0 Å². The lowest BCUT2D eigenvalue weighted by molar-refractivity contribution is 0.0988. The molecule has 0 bridgehead atoms. The molecule has 0 radical (unpaired) electrons. The van der Waals surface area contributed by atoms with Crippen molar-refractivity contribution in [3.63, 3.8) is 0 Å². The van der Waals surface area contributed by atoms with E-state index in [0.29, 0.717) is 0 Å². The molecule has 1 unspecified atom stereocenters. The van der Waals surface area contributed by atoms with Crippen LogP contribution in [0.3, 0.4) is 0 Å². The highest BCUT2D eigenvalue weighted by molar-refractivity contribution is 9.10. The molecular formula is C15H15BrO. The number of rotatable bonds is 4. The second-order valence-electron chi connectivity index (χ2n) is 4.18. The number of Topliss-reactive ketones (excluding diaryl/α,β-unsaturated/α-hetero) is 1. The number of benzene rings is 2. The van der Waals surface area contributed by atoms with Crippen LogP contribution in [0.2, 0.25) is 0 Å². The lowest BCUT2D eigenvalue weighted by Gasteiger charge is -2.08. The van der Waals surface area contributed by atoms with Crippen LogP contribution in [0.4, 0.5) is 0 Å². The molecule has 1 atom stereocenters. The molecular weight excluding hydrogens is 276 g/mol. The summed E-state index contributed by atoms with van der Waals surface area (Å²) in [6, 6.07) is 14.0. The summed E-state index contributed by atoms with van der Waals surface area (Å²) in [5.74, 6) is 0.178. The zero-order valence-electron chi connectivity index (χ0n) is 9.82. The number of carbonyl (C=O) groups excluding carboxylic acids is 1. The Morgan fingerprint density at radius 3 is 2.59 bits per heavy atom. The summed E-state index contributed by atoms with van der Waals surface area (Å²) in [5, 5.41) is 2.29. The smallest absolute Gasteiger partial charge is 0.176 e. The van der Waals surface area contributed by atoms with Crippen molar-refractivity contribution < 1.29 is 4.79 Å². The van der Waals surface area contributed by atoms with Gasteiger partial charge in [-0.25, -0.2) is 0 Å². The van der Waals surface area contributed by atoms with E-state index in [2.05, 4.69) is 28.9 Å². The standard InChI is InChI=1S/C15H15BrO/c1-2-5-14(16)15(17)13-9-8-11-6-3-4-7-12(11)10-13/h3-4,6-10,14H,2,5H2,1H3. The lowest BCUT2D eigenvalue weighted by Crippen LogP contribution is -2.13. The van der Waals surface area contributed by atoms with Gasteiger partial charge in [0.05, 0.1) is 4.83 Å². The van der Waals surface area contributed by atoms with Gasteiger partial charge in [-0.1, -0.05) is 65.7 Å². The molecule has 0 N–H and O–H groups in total. The Balaban J connectivity index is 2.33. The Bertz CT molecular complexity index is 533. The number of hydrogen-bond donors (Lipinski definition) is 0. The number of alkyl halides is 1. The van der Waals surface area contributed by atoms with Gasteiger partial charge in [-0.15, -0.1) is 0 Å². The molecule has 17 heavy (non-hydrogen) atoms. The van der Waals surface area contributed by atoms with Crippen LogP contribution in [-0.2, 0) is 0 Å². The maximum absolute atomic E-state index is 12.1. The van der Waals surface area contributed by atoms with Gasteiger partial charge in [-0.2, -0.15) is 0 Å². The second kappa shape index (κ2) is 5.46. The molecule has 0 spiro atoms. The molecule has 2 heteroatoms. The van der Waals surface area contributed by atoms with E-state index in [1.165, 1.54) is 5.39 Å². The van der Waals surface area contributed by atoms with Crippen molar-refractivity contribution in [2.75, 3.05) is 0 Å². The first-order chi connectivity index (χ1) is 8.22. The molecule has 2 rings (SSSR count). The summed E-state index contributed by atoms with van der Waals surface area (Å²) in [6.45, 7) is 2.09. The zero-order valence-corrected chi connectivity index (χ0v) is 11.4. The molecule has 0 heterocycles. The number of halogens is 1. The van der Waals surface area contributed by atoms with Crippen molar-refractivity contribution in [1.29, 1.82) is 0 Å². The van der Waals surface area contributed by atoms with Crippen LogP contribution in [0.15, 0.2) is 42.5 Å². The Morgan fingerprint density at radius 2 is 1.88 bits per heavy atom. The minimum atomic E-state index is -0.0614. The lowest BCUT2D eigenvalue weighted by atomic mass is 10.0. The average molecular weight is 291 g/mol. The van der Waals surface area contributed by atoms with E-state index in [1.807, 2.05) is 36.4 Å². The van der Waals surface area contributed by atoms with Crippen LogP contribution in [-0.4, -0.2) is 10.6 Å². The normalized spacial score (nSPS) is 12.6. The predicted molar refractivity (Wildman–Crippen MR) is 75.9 cm³/mol. The topological polar surface area (TPSA) is 17.1 Å². The summed E-state index contributed by atoms with van der Waals surface area (Å²) >= 11 is 3.45. The van der Waals surface area contributed by atoms with Crippen molar-refractivity contribution in [3.8, 4) is 0 Å². The molecule has 88 valence electrons. The zero-order chi connectivity index (χ0) is 12.3. The quantitative estimate of drug-likeness (QED) is 0.595. The van der Waals surface area contributed by atoms with E-state index in [9.17, 15) is 4.79 Å². The largest absolute Gasteiger partial charge is 0.293 e. The highest BCUT2D eigenvalue weighted by Gasteiger charge is 2.15. The molecule has 0 aromatic heterocycles. The first-order valence-corrected chi connectivity index (χ1v) is 6.81. The third-order valence-corrected chi connectivity index (χ3v) is 3.73. The molecule has 2 aromatic carbocycles. The monoisotopic (exact) mass is 290 g/mol. The predicted octanol–water partition coefficient (Wildman–Crippen LogP) is 4.59. The minimum Gasteiger partial charge on any atom is -0.293 e. The number of ketones is 1. The molecule has 0 amide bonds. The van der Waals surface area contributed by atoms with E-state index >= 15 is 0 Å². The van der Waals surface area contributed by atoms with Crippen molar-refractivity contribution >= 4 is 32.5 Å². The van der Waals surface area contributed by atoms with E-state index in [1.54, 1.807) is 0 Å². The van der Waals surface area contributed by atoms with Crippen LogP contribution < -0.4 is 0 Å². The molecule has 1 nitrogen and oxygen atoms in total. The Labute approximate surface area is 110 Å². The van der Waals surface area contributed by atoms with Crippen LogP contribution in [0.1, 0.15) is 30.1 Å². The highest BCUT2D eigenvalue weighted by Crippen LogP contribution is 2.20. The average Bonchev–Trinajstić information content (AvgIpc) is 2.37. The van der Waals surface area contributed by atoms with Crippen LogP contribution >= 0.6 is 15.9 Å². The van der Waals surface area contributed by atoms with Crippen molar-refractivity contribution in [2.45, 2.75) is 24.6 Å². The summed E-state index contributed by atoms with van der Waals surface area (Å²) < 4.78 is 0.